The van der Waals surface area contributed by atoms with Crippen molar-refractivity contribution in [1.82, 2.24) is 10.6 Å². The molecule has 0 saturated carbocycles. The first-order chi connectivity index (χ1) is 9.83. The topological polar surface area (TPSA) is 41.1 Å². The molecule has 0 radical (unpaired) electrons. The quantitative estimate of drug-likeness (QED) is 0.888. The molecule has 1 aromatic heterocycles. The summed E-state index contributed by atoms with van der Waals surface area (Å²) in [5.41, 5.74) is 1.34. The third-order valence-electron chi connectivity index (χ3n) is 3.87. The van der Waals surface area contributed by atoms with E-state index in [-0.39, 0.29) is 5.91 Å². The van der Waals surface area contributed by atoms with E-state index < -0.39 is 0 Å². The van der Waals surface area contributed by atoms with Gasteiger partial charge in [-0.05, 0) is 48.2 Å². The summed E-state index contributed by atoms with van der Waals surface area (Å²) in [6, 6.07) is 8.83. The molecule has 106 valence electrons. The summed E-state index contributed by atoms with van der Waals surface area (Å²) in [5, 5.41) is 9.92. The molecule has 2 N–H and O–H groups in total. The van der Waals surface area contributed by atoms with Crippen LogP contribution in [0.15, 0.2) is 29.6 Å². The Morgan fingerprint density at radius 2 is 2.30 bits per heavy atom. The summed E-state index contributed by atoms with van der Waals surface area (Å²) in [5.74, 6) is 0.170. The maximum atomic E-state index is 11.8. The molecule has 2 aromatic rings. The van der Waals surface area contributed by atoms with Gasteiger partial charge in [-0.15, -0.1) is 11.3 Å². The fourth-order valence-corrected chi connectivity index (χ4v) is 3.79. The number of hydrogen-bond acceptors (Lipinski definition) is 3. The van der Waals surface area contributed by atoms with E-state index in [1.165, 1.54) is 22.1 Å². The SMILES string of the molecule is O=C(CC1CCCN1)NCCc1csc2ccccc12. The van der Waals surface area contributed by atoms with Crippen LogP contribution in [0.2, 0.25) is 0 Å². The van der Waals surface area contributed by atoms with Crippen molar-refractivity contribution in [2.75, 3.05) is 13.1 Å². The van der Waals surface area contributed by atoms with Gasteiger partial charge in [0.25, 0.3) is 0 Å². The lowest BCUT2D eigenvalue weighted by Crippen LogP contribution is -2.32. The summed E-state index contributed by atoms with van der Waals surface area (Å²) in [4.78, 5) is 11.8. The third-order valence-corrected chi connectivity index (χ3v) is 4.88. The van der Waals surface area contributed by atoms with Gasteiger partial charge < -0.3 is 10.6 Å². The highest BCUT2D eigenvalue weighted by Crippen LogP contribution is 2.25. The van der Waals surface area contributed by atoms with Crippen LogP contribution in [0.1, 0.15) is 24.8 Å². The van der Waals surface area contributed by atoms with Crippen molar-refractivity contribution in [3.63, 3.8) is 0 Å². The molecule has 0 spiro atoms. The lowest BCUT2D eigenvalue weighted by molar-refractivity contribution is -0.121. The second-order valence-corrected chi connectivity index (χ2v) is 6.27. The van der Waals surface area contributed by atoms with Gasteiger partial charge in [-0.1, -0.05) is 18.2 Å². The minimum atomic E-state index is 0.170. The molecule has 1 fully saturated rings. The molecule has 1 aliphatic heterocycles. The monoisotopic (exact) mass is 288 g/mol. The number of rotatable bonds is 5. The van der Waals surface area contributed by atoms with Crippen molar-refractivity contribution in [2.24, 2.45) is 0 Å². The fraction of sp³-hybridized carbons (Fsp3) is 0.438. The standard InChI is InChI=1S/C16H20N2OS/c19-16(10-13-4-3-8-17-13)18-9-7-12-11-20-15-6-2-1-5-14(12)15/h1-2,5-6,11,13,17H,3-4,7-10H2,(H,18,19). The molecule has 1 aliphatic rings. The van der Waals surface area contributed by atoms with Crippen LogP contribution in [0, 0.1) is 0 Å². The van der Waals surface area contributed by atoms with Crippen LogP contribution in [-0.4, -0.2) is 25.0 Å². The van der Waals surface area contributed by atoms with Gasteiger partial charge in [-0.2, -0.15) is 0 Å². The van der Waals surface area contributed by atoms with Crippen molar-refractivity contribution < 1.29 is 4.79 Å². The predicted molar refractivity (Wildman–Crippen MR) is 84.2 cm³/mol. The Balaban J connectivity index is 1.48. The molecule has 3 rings (SSSR count). The summed E-state index contributed by atoms with van der Waals surface area (Å²) in [6.45, 7) is 1.78. The zero-order valence-electron chi connectivity index (χ0n) is 11.5. The van der Waals surface area contributed by atoms with Crippen molar-refractivity contribution in [2.45, 2.75) is 31.7 Å². The van der Waals surface area contributed by atoms with Crippen LogP contribution >= 0.6 is 11.3 Å². The van der Waals surface area contributed by atoms with Gasteiger partial charge in [0.05, 0.1) is 0 Å². The molecule has 1 unspecified atom stereocenters. The number of benzene rings is 1. The smallest absolute Gasteiger partial charge is 0.221 e. The Hall–Kier alpha value is -1.39. The maximum Gasteiger partial charge on any atom is 0.221 e. The molecule has 3 nitrogen and oxygen atoms in total. The second kappa shape index (κ2) is 6.37. The number of carbonyl (C=O) groups is 1. The van der Waals surface area contributed by atoms with Gasteiger partial charge in [0.15, 0.2) is 0 Å². The Morgan fingerprint density at radius 3 is 3.15 bits per heavy atom. The van der Waals surface area contributed by atoms with Crippen LogP contribution in [0.4, 0.5) is 0 Å². The summed E-state index contributed by atoms with van der Waals surface area (Å²) in [6.07, 6.45) is 3.85. The first-order valence-corrected chi connectivity index (χ1v) is 8.16. The van der Waals surface area contributed by atoms with Gasteiger partial charge in [0, 0.05) is 23.7 Å². The number of amides is 1. The molecule has 20 heavy (non-hydrogen) atoms. The largest absolute Gasteiger partial charge is 0.356 e. The highest BCUT2D eigenvalue weighted by Gasteiger charge is 2.17. The Morgan fingerprint density at radius 1 is 1.40 bits per heavy atom. The molecule has 1 aromatic carbocycles. The van der Waals surface area contributed by atoms with Gasteiger partial charge in [-0.3, -0.25) is 4.79 Å². The average Bonchev–Trinajstić information content (AvgIpc) is 3.09. The zero-order chi connectivity index (χ0) is 13.8. The molecule has 1 atom stereocenters. The molecule has 0 aliphatic carbocycles. The average molecular weight is 288 g/mol. The van der Waals surface area contributed by atoms with Crippen LogP contribution in [0.25, 0.3) is 10.1 Å². The van der Waals surface area contributed by atoms with Crippen LogP contribution in [-0.2, 0) is 11.2 Å². The first-order valence-electron chi connectivity index (χ1n) is 7.28. The summed E-state index contributed by atoms with van der Waals surface area (Å²) in [7, 11) is 0. The van der Waals surface area contributed by atoms with E-state index in [4.69, 9.17) is 0 Å². The summed E-state index contributed by atoms with van der Waals surface area (Å²) >= 11 is 1.78. The van der Waals surface area contributed by atoms with E-state index in [0.29, 0.717) is 12.5 Å². The highest BCUT2D eigenvalue weighted by molar-refractivity contribution is 7.17. The number of carbonyl (C=O) groups excluding carboxylic acids is 1. The van der Waals surface area contributed by atoms with Crippen molar-refractivity contribution in [3.8, 4) is 0 Å². The van der Waals surface area contributed by atoms with Crippen LogP contribution < -0.4 is 10.6 Å². The van der Waals surface area contributed by atoms with E-state index in [1.807, 2.05) is 0 Å². The van der Waals surface area contributed by atoms with Crippen LogP contribution in [0.5, 0.6) is 0 Å². The van der Waals surface area contributed by atoms with E-state index in [1.54, 1.807) is 11.3 Å². The lowest BCUT2D eigenvalue weighted by Gasteiger charge is -2.10. The van der Waals surface area contributed by atoms with Gasteiger partial charge in [0.2, 0.25) is 5.91 Å². The number of hydrogen-bond donors (Lipinski definition) is 2. The molecular formula is C16H20N2OS. The number of nitrogens with one attached hydrogen (secondary N) is 2. The Bertz CT molecular complexity index is 587. The van der Waals surface area contributed by atoms with E-state index >= 15 is 0 Å². The van der Waals surface area contributed by atoms with E-state index in [9.17, 15) is 4.79 Å². The van der Waals surface area contributed by atoms with Gasteiger partial charge in [0.1, 0.15) is 0 Å². The molecule has 1 saturated heterocycles. The van der Waals surface area contributed by atoms with Crippen molar-refractivity contribution in [1.29, 1.82) is 0 Å². The summed E-state index contributed by atoms with van der Waals surface area (Å²) < 4.78 is 1.32. The van der Waals surface area contributed by atoms with E-state index in [2.05, 4.69) is 40.3 Å². The van der Waals surface area contributed by atoms with Gasteiger partial charge in [-0.25, -0.2) is 0 Å². The Kier molecular flexibility index (Phi) is 4.33. The first kappa shape index (κ1) is 13.6. The maximum absolute atomic E-state index is 11.8. The second-order valence-electron chi connectivity index (χ2n) is 5.35. The number of fused-ring (bicyclic) bond motifs is 1. The molecule has 4 heteroatoms. The fourth-order valence-electron chi connectivity index (χ4n) is 2.79. The lowest BCUT2D eigenvalue weighted by atomic mass is 10.1. The Labute approximate surface area is 123 Å². The van der Waals surface area contributed by atoms with Crippen molar-refractivity contribution >= 4 is 27.3 Å². The molecule has 2 heterocycles. The number of thiophene rings is 1. The third kappa shape index (κ3) is 3.19. The predicted octanol–water partition coefficient (Wildman–Crippen LogP) is 2.70. The highest BCUT2D eigenvalue weighted by atomic mass is 32.1. The normalized spacial score (nSPS) is 18.5. The van der Waals surface area contributed by atoms with Crippen LogP contribution in [0.3, 0.4) is 0 Å². The van der Waals surface area contributed by atoms with Crippen molar-refractivity contribution in [3.05, 3.63) is 35.2 Å². The minimum absolute atomic E-state index is 0.170. The minimum Gasteiger partial charge on any atom is -0.356 e. The molecular weight excluding hydrogens is 268 g/mol. The van der Waals surface area contributed by atoms with E-state index in [0.717, 1.165) is 25.9 Å². The molecule has 0 bridgehead atoms. The zero-order valence-corrected chi connectivity index (χ0v) is 12.3. The van der Waals surface area contributed by atoms with Gasteiger partial charge >= 0.3 is 0 Å². The molecule has 1 amide bonds.